The van der Waals surface area contributed by atoms with Crippen molar-refractivity contribution in [3.8, 4) is 11.3 Å². The third kappa shape index (κ3) is 7.28. The van der Waals surface area contributed by atoms with E-state index in [4.69, 9.17) is 14.4 Å². The van der Waals surface area contributed by atoms with E-state index in [1.165, 1.54) is 17.0 Å². The van der Waals surface area contributed by atoms with Crippen molar-refractivity contribution >= 4 is 36.0 Å². The van der Waals surface area contributed by atoms with E-state index < -0.39 is 26.1 Å². The van der Waals surface area contributed by atoms with Crippen LogP contribution in [0.3, 0.4) is 0 Å². The Morgan fingerprint density at radius 3 is 2.65 bits per heavy atom. The van der Waals surface area contributed by atoms with Gasteiger partial charge in [0.15, 0.2) is 5.76 Å². The van der Waals surface area contributed by atoms with Crippen LogP contribution in [0, 0.1) is 12.7 Å². The summed E-state index contributed by atoms with van der Waals surface area (Å²) >= 11 is 0. The molecule has 3 aromatic heterocycles. The van der Waals surface area contributed by atoms with Crippen molar-refractivity contribution in [3.05, 3.63) is 111 Å². The second kappa shape index (κ2) is 14.5. The predicted molar refractivity (Wildman–Crippen MR) is 200 cm³/mol. The molecule has 1 aliphatic heterocycles. The van der Waals surface area contributed by atoms with Crippen LogP contribution in [0.25, 0.3) is 33.1 Å². The van der Waals surface area contributed by atoms with Crippen LogP contribution >= 0.6 is 0 Å². The number of H-pyrrole nitrogens is 1. The van der Waals surface area contributed by atoms with Gasteiger partial charge in [-0.05, 0) is 84.5 Å². The monoisotopic (exact) mass is 722 g/mol. The van der Waals surface area contributed by atoms with Crippen molar-refractivity contribution in [2.24, 2.45) is 0 Å². The van der Waals surface area contributed by atoms with Gasteiger partial charge < -0.3 is 24.3 Å². The van der Waals surface area contributed by atoms with Crippen molar-refractivity contribution in [3.63, 3.8) is 0 Å². The van der Waals surface area contributed by atoms with Crippen LogP contribution < -0.4 is 5.56 Å². The van der Waals surface area contributed by atoms with Gasteiger partial charge in [0.1, 0.15) is 12.5 Å². The molecular formula is C39H43FN6O5Si. The minimum Gasteiger partial charge on any atom is -0.465 e. The largest absolute Gasteiger partial charge is 0.465 e. The molecular weight excluding hydrogens is 680 g/mol. The van der Waals surface area contributed by atoms with Gasteiger partial charge in [-0.2, -0.15) is 5.10 Å². The van der Waals surface area contributed by atoms with Crippen molar-refractivity contribution in [2.75, 3.05) is 13.2 Å². The number of pyridine rings is 1. The summed E-state index contributed by atoms with van der Waals surface area (Å²) in [6, 6.07) is 18.3. The number of hydrogen-bond acceptors (Lipinski definition) is 7. The van der Waals surface area contributed by atoms with Crippen LogP contribution in [0.1, 0.15) is 46.9 Å². The highest BCUT2D eigenvalue weighted by Gasteiger charge is 2.42. The molecule has 0 aliphatic carbocycles. The van der Waals surface area contributed by atoms with Crippen molar-refractivity contribution in [1.29, 1.82) is 0 Å². The first-order chi connectivity index (χ1) is 25.0. The normalized spacial score (nSPS) is 18.0. The molecule has 52 heavy (non-hydrogen) atoms. The number of carbonyl (C=O) groups is 1. The molecule has 6 aromatic rings. The molecule has 0 spiro atoms. The maximum atomic E-state index is 14.3. The van der Waals surface area contributed by atoms with Crippen LogP contribution in [-0.2, 0) is 17.9 Å². The summed E-state index contributed by atoms with van der Waals surface area (Å²) in [5.74, 6) is -0.652. The van der Waals surface area contributed by atoms with E-state index in [2.05, 4.69) is 41.1 Å². The van der Waals surface area contributed by atoms with Gasteiger partial charge >= 0.3 is 6.09 Å². The number of halogens is 1. The number of amides is 1. The van der Waals surface area contributed by atoms with E-state index in [0.29, 0.717) is 43.9 Å². The smallest absolute Gasteiger partial charge is 0.407 e. The predicted octanol–water partition coefficient (Wildman–Crippen LogP) is 7.94. The first-order valence-corrected chi connectivity index (χ1v) is 21.4. The van der Waals surface area contributed by atoms with Crippen LogP contribution in [-0.4, -0.2) is 68.5 Å². The average molecular weight is 723 g/mol. The number of ether oxygens (including phenoxy) is 1. The van der Waals surface area contributed by atoms with Gasteiger partial charge in [-0.1, -0.05) is 56.0 Å². The number of aryl methyl sites for hydroxylation is 2. The molecule has 1 saturated heterocycles. The topological polar surface area (TPSA) is 139 Å². The second-order valence-corrected chi connectivity index (χ2v) is 20.6. The van der Waals surface area contributed by atoms with Gasteiger partial charge in [0.2, 0.25) is 0 Å². The van der Waals surface area contributed by atoms with Crippen molar-refractivity contribution in [1.82, 2.24) is 30.0 Å². The third-order valence-corrected chi connectivity index (χ3v) is 12.0. The van der Waals surface area contributed by atoms with Crippen molar-refractivity contribution < 1.29 is 23.6 Å². The Morgan fingerprint density at radius 1 is 1.13 bits per heavy atom. The number of nitrogens with one attached hydrogen (secondary N) is 1. The average Bonchev–Trinajstić information content (AvgIpc) is 3.80. The SMILES string of the molecule is Cc1cc(CC[C@@H]2C(c3ccc(F)cc3)C(c3cc4ccccc4[nH]c3=O)CCN2C(=O)O)c(-c2cnno2)c2cn(COCC[Si](C)(C)C)nc12. The van der Waals surface area contributed by atoms with Gasteiger partial charge in [-0.15, -0.1) is 5.10 Å². The lowest BCUT2D eigenvalue weighted by atomic mass is 9.71. The number of nitrogens with zero attached hydrogens (tertiary/aromatic N) is 5. The Bertz CT molecular complexity index is 2260. The molecule has 0 saturated carbocycles. The number of rotatable bonds is 11. The maximum Gasteiger partial charge on any atom is 0.407 e. The zero-order chi connectivity index (χ0) is 36.6. The number of fused-ring (bicyclic) bond motifs is 2. The van der Waals surface area contributed by atoms with E-state index in [1.807, 2.05) is 43.5 Å². The molecule has 1 aliphatic rings. The molecule has 13 heteroatoms. The summed E-state index contributed by atoms with van der Waals surface area (Å²) in [5.41, 5.74) is 5.36. The fraction of sp³-hybridized carbons (Fsp3) is 0.359. The number of carboxylic acid groups (broad SMARTS) is 1. The maximum absolute atomic E-state index is 14.3. The number of piperidine rings is 1. The van der Waals surface area contributed by atoms with E-state index in [-0.39, 0.29) is 23.8 Å². The fourth-order valence-corrected chi connectivity index (χ4v) is 8.49. The number of likely N-dealkylation sites (tertiary alicyclic amines) is 1. The van der Waals surface area contributed by atoms with Gasteiger partial charge in [0.05, 0.1) is 11.7 Å². The molecule has 4 heterocycles. The highest BCUT2D eigenvalue weighted by atomic mass is 28.3. The van der Waals surface area contributed by atoms with Crippen LogP contribution in [0.2, 0.25) is 25.7 Å². The number of para-hydroxylation sites is 1. The number of aromatic nitrogens is 5. The molecule has 270 valence electrons. The van der Waals surface area contributed by atoms with E-state index in [9.17, 15) is 19.1 Å². The van der Waals surface area contributed by atoms with Crippen LogP contribution in [0.5, 0.6) is 0 Å². The van der Waals surface area contributed by atoms with Gasteiger partial charge in [-0.3, -0.25) is 4.79 Å². The molecule has 0 radical (unpaired) electrons. The molecule has 3 atom stereocenters. The Hall–Kier alpha value is -5.14. The van der Waals surface area contributed by atoms with Gasteiger partial charge in [0, 0.05) is 66.7 Å². The lowest BCUT2D eigenvalue weighted by Crippen LogP contribution is -2.50. The lowest BCUT2D eigenvalue weighted by molar-refractivity contribution is 0.0791. The Labute approximate surface area is 301 Å². The molecule has 0 bridgehead atoms. The molecule has 1 fully saturated rings. The number of hydrogen-bond donors (Lipinski definition) is 2. The summed E-state index contributed by atoms with van der Waals surface area (Å²) < 4.78 is 27.7. The summed E-state index contributed by atoms with van der Waals surface area (Å²) in [5, 5.41) is 24.9. The summed E-state index contributed by atoms with van der Waals surface area (Å²) in [6.45, 7) is 10.2. The Balaban J connectivity index is 1.28. The van der Waals surface area contributed by atoms with E-state index in [1.54, 1.807) is 23.0 Å². The summed E-state index contributed by atoms with van der Waals surface area (Å²) in [6.07, 6.45) is 3.81. The molecule has 2 N–H and O–H groups in total. The first-order valence-electron chi connectivity index (χ1n) is 17.7. The Kier molecular flexibility index (Phi) is 9.81. The molecule has 1 amide bonds. The third-order valence-electron chi connectivity index (χ3n) is 10.3. The first kappa shape index (κ1) is 35.3. The zero-order valence-corrected chi connectivity index (χ0v) is 30.8. The minimum atomic E-state index is -1.25. The molecule has 3 aromatic carbocycles. The van der Waals surface area contributed by atoms with Gasteiger partial charge in [-0.25, -0.2) is 13.9 Å². The second-order valence-electron chi connectivity index (χ2n) is 15.0. The number of benzene rings is 3. The fourth-order valence-electron chi connectivity index (χ4n) is 7.73. The highest BCUT2D eigenvalue weighted by Crippen LogP contribution is 2.45. The molecule has 2 unspecified atom stereocenters. The lowest BCUT2D eigenvalue weighted by Gasteiger charge is -2.45. The summed E-state index contributed by atoms with van der Waals surface area (Å²) in [4.78, 5) is 31.0. The van der Waals surface area contributed by atoms with E-state index >= 15 is 0 Å². The van der Waals surface area contributed by atoms with Crippen molar-refractivity contribution in [2.45, 2.75) is 76.5 Å². The number of aromatic amines is 1. The zero-order valence-electron chi connectivity index (χ0n) is 29.8. The summed E-state index contributed by atoms with van der Waals surface area (Å²) in [7, 11) is -1.25. The van der Waals surface area contributed by atoms with Crippen LogP contribution in [0.4, 0.5) is 9.18 Å². The van der Waals surface area contributed by atoms with Crippen LogP contribution in [0.15, 0.2) is 82.4 Å². The minimum absolute atomic E-state index is 0.207. The molecule has 7 rings (SSSR count). The van der Waals surface area contributed by atoms with Gasteiger partial charge in [0.25, 0.3) is 5.56 Å². The highest BCUT2D eigenvalue weighted by molar-refractivity contribution is 6.76. The quantitative estimate of drug-likeness (QED) is 0.102. The molecule has 11 nitrogen and oxygen atoms in total. The standard InChI is InChI=1S/C39H43FN6O5Si/c1-24-19-27(36(34-21-41-44-51-34)31-22-45(43-37(24)31)23-50-17-18-52(2,3)4)11-14-33-35(25-9-12-28(40)13-10-25)29(15-16-46(33)39(48)49)30-20-26-7-5-6-8-32(26)42-38(30)47/h5-10,12-13,19-22,29,33,35H,11,14-18,23H2,1-4H3,(H,42,47)(H,48,49)/t29?,33-,35?/m1/s1. The Morgan fingerprint density at radius 2 is 1.92 bits per heavy atom. The van der Waals surface area contributed by atoms with E-state index in [0.717, 1.165) is 50.1 Å².